The first-order valence-electron chi connectivity index (χ1n) is 9.13. The van der Waals surface area contributed by atoms with Gasteiger partial charge in [-0.25, -0.2) is 0 Å². The Morgan fingerprint density at radius 2 is 2.19 bits per heavy atom. The Kier molecular flexibility index (Phi) is 5.32. The maximum atomic E-state index is 12.7. The van der Waals surface area contributed by atoms with Crippen molar-refractivity contribution in [2.45, 2.75) is 45.3 Å². The number of benzene rings is 1. The molecule has 6 heteroatoms. The van der Waals surface area contributed by atoms with Crippen LogP contribution in [0.15, 0.2) is 36.5 Å². The lowest BCUT2D eigenvalue weighted by atomic mass is 9.93. The van der Waals surface area contributed by atoms with Crippen molar-refractivity contribution in [2.75, 3.05) is 19.7 Å². The Labute approximate surface area is 154 Å². The number of amides is 1. The molecular formula is C20H27N3O3. The SMILES string of the molecule is Cc1cccc(OCC2(O)CCCN(C(=O)c3ccn(C(C)C)n3)C2)c1. The van der Waals surface area contributed by atoms with Crippen molar-refractivity contribution in [2.24, 2.45) is 0 Å². The summed E-state index contributed by atoms with van der Waals surface area (Å²) in [6.07, 6.45) is 3.17. The molecule has 1 N–H and O–H groups in total. The molecule has 1 aliphatic rings. The molecule has 3 rings (SSSR count). The maximum absolute atomic E-state index is 12.7. The van der Waals surface area contributed by atoms with E-state index in [4.69, 9.17) is 4.74 Å². The van der Waals surface area contributed by atoms with Crippen molar-refractivity contribution >= 4 is 5.91 Å². The van der Waals surface area contributed by atoms with Crippen LogP contribution in [0.5, 0.6) is 5.75 Å². The van der Waals surface area contributed by atoms with Crippen molar-refractivity contribution in [1.29, 1.82) is 0 Å². The molecule has 140 valence electrons. The number of aryl methyl sites for hydroxylation is 1. The van der Waals surface area contributed by atoms with Crippen LogP contribution in [0.25, 0.3) is 0 Å². The zero-order valence-corrected chi connectivity index (χ0v) is 15.7. The van der Waals surface area contributed by atoms with Crippen LogP contribution >= 0.6 is 0 Å². The van der Waals surface area contributed by atoms with Gasteiger partial charge in [-0.05, 0) is 57.4 Å². The summed E-state index contributed by atoms with van der Waals surface area (Å²) in [5.74, 6) is 0.593. The fourth-order valence-electron chi connectivity index (χ4n) is 3.23. The lowest BCUT2D eigenvalue weighted by Crippen LogP contribution is -2.53. The van der Waals surface area contributed by atoms with Crippen molar-refractivity contribution in [3.8, 4) is 5.75 Å². The molecule has 0 saturated carbocycles. The summed E-state index contributed by atoms with van der Waals surface area (Å²) >= 11 is 0. The zero-order valence-electron chi connectivity index (χ0n) is 15.7. The first-order chi connectivity index (χ1) is 12.4. The second-order valence-corrected chi connectivity index (χ2v) is 7.43. The molecule has 1 aromatic carbocycles. The molecule has 1 saturated heterocycles. The van der Waals surface area contributed by atoms with Gasteiger partial charge < -0.3 is 14.7 Å². The lowest BCUT2D eigenvalue weighted by Gasteiger charge is -2.38. The van der Waals surface area contributed by atoms with Gasteiger partial charge in [0.2, 0.25) is 0 Å². The standard InChI is InChI=1S/C20H27N3O3/c1-15(2)23-11-8-18(21-23)19(24)22-10-5-9-20(25,13-22)14-26-17-7-4-6-16(3)12-17/h4,6-8,11-12,15,25H,5,9-10,13-14H2,1-3H3. The van der Waals surface area contributed by atoms with Crippen LogP contribution in [0.4, 0.5) is 0 Å². The minimum Gasteiger partial charge on any atom is -0.491 e. The van der Waals surface area contributed by atoms with Crippen LogP contribution < -0.4 is 4.74 Å². The minimum atomic E-state index is -1.04. The summed E-state index contributed by atoms with van der Waals surface area (Å²) in [5, 5.41) is 15.3. The van der Waals surface area contributed by atoms with Gasteiger partial charge in [0.25, 0.3) is 5.91 Å². The van der Waals surface area contributed by atoms with Crippen molar-refractivity contribution in [3.05, 3.63) is 47.8 Å². The van der Waals surface area contributed by atoms with Crippen molar-refractivity contribution in [3.63, 3.8) is 0 Å². The average Bonchev–Trinajstić information content (AvgIpc) is 3.10. The van der Waals surface area contributed by atoms with E-state index in [0.29, 0.717) is 18.7 Å². The molecule has 1 aliphatic heterocycles. The number of aliphatic hydroxyl groups is 1. The van der Waals surface area contributed by atoms with Gasteiger partial charge in [0.1, 0.15) is 23.7 Å². The number of aromatic nitrogens is 2. The first-order valence-corrected chi connectivity index (χ1v) is 9.13. The van der Waals surface area contributed by atoms with E-state index in [9.17, 15) is 9.90 Å². The van der Waals surface area contributed by atoms with E-state index in [1.54, 1.807) is 15.6 Å². The number of hydrogen-bond acceptors (Lipinski definition) is 4. The van der Waals surface area contributed by atoms with E-state index in [0.717, 1.165) is 17.7 Å². The predicted molar refractivity (Wildman–Crippen MR) is 99.4 cm³/mol. The van der Waals surface area contributed by atoms with Gasteiger partial charge in [-0.3, -0.25) is 9.48 Å². The summed E-state index contributed by atoms with van der Waals surface area (Å²) in [7, 11) is 0. The predicted octanol–water partition coefficient (Wildman–Crippen LogP) is 2.82. The molecule has 1 unspecified atom stereocenters. The average molecular weight is 357 g/mol. The Hall–Kier alpha value is -2.34. The van der Waals surface area contributed by atoms with Gasteiger partial charge in [0, 0.05) is 18.8 Å². The van der Waals surface area contributed by atoms with Crippen LogP contribution in [-0.4, -0.2) is 51.0 Å². The fraction of sp³-hybridized carbons (Fsp3) is 0.500. The van der Waals surface area contributed by atoms with Crippen LogP contribution in [0, 0.1) is 6.92 Å². The van der Waals surface area contributed by atoms with Gasteiger partial charge in [-0.15, -0.1) is 0 Å². The lowest BCUT2D eigenvalue weighted by molar-refractivity contribution is -0.0533. The Bertz CT molecular complexity index is 771. The molecule has 0 spiro atoms. The van der Waals surface area contributed by atoms with Crippen molar-refractivity contribution < 1.29 is 14.6 Å². The third kappa shape index (κ3) is 4.25. The normalized spacial score (nSPS) is 20.4. The topological polar surface area (TPSA) is 67.6 Å². The van der Waals surface area contributed by atoms with E-state index in [-0.39, 0.29) is 25.1 Å². The number of carbonyl (C=O) groups excluding carboxylic acids is 1. The summed E-state index contributed by atoms with van der Waals surface area (Å²) in [6, 6.07) is 9.68. The Morgan fingerprint density at radius 3 is 2.88 bits per heavy atom. The number of ether oxygens (including phenoxy) is 1. The highest BCUT2D eigenvalue weighted by Gasteiger charge is 2.37. The molecule has 0 bridgehead atoms. The van der Waals surface area contributed by atoms with Crippen molar-refractivity contribution in [1.82, 2.24) is 14.7 Å². The van der Waals surface area contributed by atoms with E-state index in [1.807, 2.05) is 51.2 Å². The molecule has 1 aromatic heterocycles. The summed E-state index contributed by atoms with van der Waals surface area (Å²) < 4.78 is 7.56. The van der Waals surface area contributed by atoms with Crippen LogP contribution in [0.2, 0.25) is 0 Å². The second-order valence-electron chi connectivity index (χ2n) is 7.43. The number of likely N-dealkylation sites (tertiary alicyclic amines) is 1. The molecule has 2 aromatic rings. The van der Waals surface area contributed by atoms with E-state index in [2.05, 4.69) is 5.10 Å². The van der Waals surface area contributed by atoms with Crippen LogP contribution in [0.1, 0.15) is 48.8 Å². The summed E-state index contributed by atoms with van der Waals surface area (Å²) in [5.41, 5.74) is 0.483. The van der Waals surface area contributed by atoms with Crippen LogP contribution in [0.3, 0.4) is 0 Å². The zero-order chi connectivity index (χ0) is 18.7. The Balaban J connectivity index is 1.64. The highest BCUT2D eigenvalue weighted by molar-refractivity contribution is 5.92. The second kappa shape index (κ2) is 7.50. The number of piperidine rings is 1. The third-order valence-electron chi connectivity index (χ3n) is 4.70. The summed E-state index contributed by atoms with van der Waals surface area (Å²) in [4.78, 5) is 14.4. The maximum Gasteiger partial charge on any atom is 0.274 e. The van der Waals surface area contributed by atoms with Gasteiger partial charge >= 0.3 is 0 Å². The molecule has 1 amide bonds. The largest absolute Gasteiger partial charge is 0.491 e. The molecule has 26 heavy (non-hydrogen) atoms. The molecule has 0 aliphatic carbocycles. The first kappa shape index (κ1) is 18.5. The monoisotopic (exact) mass is 357 g/mol. The number of hydrogen-bond donors (Lipinski definition) is 1. The minimum absolute atomic E-state index is 0.141. The van der Waals surface area contributed by atoms with Crippen LogP contribution in [-0.2, 0) is 0 Å². The van der Waals surface area contributed by atoms with E-state index >= 15 is 0 Å². The molecule has 1 fully saturated rings. The van der Waals surface area contributed by atoms with Gasteiger partial charge in [-0.1, -0.05) is 12.1 Å². The highest BCUT2D eigenvalue weighted by Crippen LogP contribution is 2.24. The Morgan fingerprint density at radius 1 is 1.38 bits per heavy atom. The molecular weight excluding hydrogens is 330 g/mol. The molecule has 2 heterocycles. The van der Waals surface area contributed by atoms with Gasteiger partial charge in [0.15, 0.2) is 0 Å². The molecule has 1 atom stereocenters. The highest BCUT2D eigenvalue weighted by atomic mass is 16.5. The van der Waals surface area contributed by atoms with E-state index < -0.39 is 5.60 Å². The third-order valence-corrected chi connectivity index (χ3v) is 4.70. The number of carbonyl (C=O) groups is 1. The van der Waals surface area contributed by atoms with Gasteiger partial charge in [-0.2, -0.15) is 5.10 Å². The molecule has 0 radical (unpaired) electrons. The fourth-order valence-corrected chi connectivity index (χ4v) is 3.23. The summed E-state index contributed by atoms with van der Waals surface area (Å²) in [6.45, 7) is 7.08. The quantitative estimate of drug-likeness (QED) is 0.893. The number of β-amino-alcohol motifs (C(OH)–C–C–N with tert-alkyl or cyclic N) is 1. The number of rotatable bonds is 5. The van der Waals surface area contributed by atoms with E-state index in [1.165, 1.54) is 0 Å². The smallest absolute Gasteiger partial charge is 0.274 e. The molecule has 6 nitrogen and oxygen atoms in total. The van der Waals surface area contributed by atoms with Gasteiger partial charge in [0.05, 0.1) is 6.54 Å². The number of nitrogens with zero attached hydrogens (tertiary/aromatic N) is 3.